The lowest BCUT2D eigenvalue weighted by molar-refractivity contribution is -0.0814. The Hall–Kier alpha value is -2.33. The van der Waals surface area contributed by atoms with Crippen LogP contribution in [0.25, 0.3) is 0 Å². The van der Waals surface area contributed by atoms with Gasteiger partial charge in [0.1, 0.15) is 23.3 Å². The van der Waals surface area contributed by atoms with E-state index in [1.54, 1.807) is 18.3 Å². The van der Waals surface area contributed by atoms with Gasteiger partial charge in [0.25, 0.3) is 0 Å². The second kappa shape index (κ2) is 9.04. The number of hydrogen-bond donors (Lipinski definition) is 0. The zero-order valence-corrected chi connectivity index (χ0v) is 18.8. The average Bonchev–Trinajstić information content (AvgIpc) is 3.00. The molecule has 168 valence electrons. The van der Waals surface area contributed by atoms with Gasteiger partial charge in [0.15, 0.2) is 0 Å². The number of piperidine rings is 1. The van der Waals surface area contributed by atoms with Crippen molar-refractivity contribution in [3.05, 3.63) is 23.9 Å². The van der Waals surface area contributed by atoms with Crippen LogP contribution in [0.4, 0.5) is 4.79 Å². The average molecular weight is 428 g/mol. The van der Waals surface area contributed by atoms with Crippen molar-refractivity contribution >= 4 is 6.09 Å². The minimum absolute atomic E-state index is 0.0760. The summed E-state index contributed by atoms with van der Waals surface area (Å²) in [6, 6.07) is 6.07. The molecule has 0 spiro atoms. The van der Waals surface area contributed by atoms with Gasteiger partial charge in [-0.2, -0.15) is 5.26 Å². The first-order valence-electron chi connectivity index (χ1n) is 11.5. The van der Waals surface area contributed by atoms with Gasteiger partial charge in [0, 0.05) is 18.3 Å². The number of ether oxygens (including phenoxy) is 3. The molecule has 0 radical (unpaired) electrons. The van der Waals surface area contributed by atoms with Crippen molar-refractivity contribution in [3.8, 4) is 11.9 Å². The van der Waals surface area contributed by atoms with E-state index in [4.69, 9.17) is 14.2 Å². The fraction of sp³-hybridized carbons (Fsp3) is 0.708. The number of nitrogens with zero attached hydrogens (tertiary/aromatic N) is 3. The Morgan fingerprint density at radius 1 is 1.06 bits per heavy atom. The Labute approximate surface area is 184 Å². The molecule has 1 saturated carbocycles. The van der Waals surface area contributed by atoms with Gasteiger partial charge >= 0.3 is 6.09 Å². The molecule has 2 aliphatic heterocycles. The van der Waals surface area contributed by atoms with Crippen LogP contribution in [0.2, 0.25) is 0 Å². The molecule has 1 amide bonds. The zero-order chi connectivity index (χ0) is 22.0. The van der Waals surface area contributed by atoms with E-state index in [1.165, 1.54) is 0 Å². The quantitative estimate of drug-likeness (QED) is 0.699. The SMILES string of the molecule is CC(C)(C)OC(=O)N1[C@@H]2CC[C@H]1CC(OC1CCC(Oc3ncccc3C#N)CC1)C2. The number of carbonyl (C=O) groups excluding carboxylic acids is 1. The summed E-state index contributed by atoms with van der Waals surface area (Å²) in [5, 5.41) is 9.21. The summed E-state index contributed by atoms with van der Waals surface area (Å²) in [5.41, 5.74) is 0.0153. The summed E-state index contributed by atoms with van der Waals surface area (Å²) < 4.78 is 18.1. The molecular formula is C24H33N3O4. The van der Waals surface area contributed by atoms with Crippen LogP contribution in [-0.2, 0) is 9.47 Å². The summed E-state index contributed by atoms with van der Waals surface area (Å²) in [7, 11) is 0. The monoisotopic (exact) mass is 427 g/mol. The maximum atomic E-state index is 12.6. The van der Waals surface area contributed by atoms with Crippen molar-refractivity contribution in [2.75, 3.05) is 0 Å². The Balaban J connectivity index is 1.25. The van der Waals surface area contributed by atoms with Gasteiger partial charge in [-0.05, 0) is 84.3 Å². The Morgan fingerprint density at radius 2 is 1.71 bits per heavy atom. The second-order valence-corrected chi connectivity index (χ2v) is 9.99. The predicted octanol–water partition coefficient (Wildman–Crippen LogP) is 4.59. The number of nitriles is 1. The number of hydrogen-bond acceptors (Lipinski definition) is 6. The van der Waals surface area contributed by atoms with Crippen LogP contribution in [0.1, 0.15) is 77.7 Å². The minimum atomic E-state index is -0.464. The molecule has 1 aromatic heterocycles. The molecule has 1 aliphatic carbocycles. The van der Waals surface area contributed by atoms with Crippen molar-refractivity contribution in [3.63, 3.8) is 0 Å². The van der Waals surface area contributed by atoms with Crippen LogP contribution >= 0.6 is 0 Å². The van der Waals surface area contributed by atoms with Crippen LogP contribution in [0.3, 0.4) is 0 Å². The van der Waals surface area contributed by atoms with Crippen molar-refractivity contribution in [2.24, 2.45) is 0 Å². The first-order chi connectivity index (χ1) is 14.8. The summed E-state index contributed by atoms with van der Waals surface area (Å²) in [6.07, 6.45) is 9.55. The minimum Gasteiger partial charge on any atom is -0.473 e. The van der Waals surface area contributed by atoms with Gasteiger partial charge in [-0.3, -0.25) is 0 Å². The third kappa shape index (κ3) is 5.30. The number of aromatic nitrogens is 1. The van der Waals surface area contributed by atoms with Crippen molar-refractivity contribution in [1.82, 2.24) is 9.88 Å². The van der Waals surface area contributed by atoms with Gasteiger partial charge < -0.3 is 19.1 Å². The molecule has 7 nitrogen and oxygen atoms in total. The molecular weight excluding hydrogens is 394 g/mol. The van der Waals surface area contributed by atoms with Crippen LogP contribution in [0, 0.1) is 11.3 Å². The van der Waals surface area contributed by atoms with Crippen molar-refractivity contribution < 1.29 is 19.0 Å². The molecule has 1 aromatic rings. The zero-order valence-electron chi connectivity index (χ0n) is 18.8. The molecule has 1 unspecified atom stereocenters. The summed E-state index contributed by atoms with van der Waals surface area (Å²) in [6.45, 7) is 5.74. The summed E-state index contributed by atoms with van der Waals surface area (Å²) >= 11 is 0. The van der Waals surface area contributed by atoms with Gasteiger partial charge in [-0.15, -0.1) is 0 Å². The maximum Gasteiger partial charge on any atom is 0.410 e. The third-order valence-electron chi connectivity index (χ3n) is 6.47. The highest BCUT2D eigenvalue weighted by Gasteiger charge is 2.45. The molecule has 3 aliphatic rings. The highest BCUT2D eigenvalue weighted by molar-refractivity contribution is 5.69. The van der Waals surface area contributed by atoms with Crippen LogP contribution in [0.5, 0.6) is 5.88 Å². The molecule has 2 bridgehead atoms. The van der Waals surface area contributed by atoms with E-state index in [2.05, 4.69) is 11.1 Å². The number of fused-ring (bicyclic) bond motifs is 2. The van der Waals surface area contributed by atoms with Crippen molar-refractivity contribution in [2.45, 2.75) is 108 Å². The lowest BCUT2D eigenvalue weighted by atomic mass is 9.93. The Kier molecular flexibility index (Phi) is 6.38. The van der Waals surface area contributed by atoms with E-state index in [1.807, 2.05) is 25.7 Å². The number of rotatable bonds is 4. The molecule has 0 aromatic carbocycles. The first kappa shape index (κ1) is 21.9. The van der Waals surface area contributed by atoms with Crippen LogP contribution in [-0.4, -0.2) is 52.0 Å². The standard InChI is InChI=1S/C24H33N3O4/c1-24(2,3)31-23(28)27-17-6-7-18(27)14-21(13-17)29-19-8-10-20(11-9-19)30-22-16(15-25)5-4-12-26-22/h4-5,12,17-21H,6-11,13-14H2,1-3H3/t17-,18+,19?,20?,21?. The van der Waals surface area contributed by atoms with E-state index in [0.717, 1.165) is 51.4 Å². The lowest BCUT2D eigenvalue weighted by Gasteiger charge is -2.41. The first-order valence-corrected chi connectivity index (χ1v) is 11.5. The number of pyridine rings is 1. The molecule has 3 fully saturated rings. The van der Waals surface area contributed by atoms with Gasteiger partial charge in [0.2, 0.25) is 5.88 Å². The molecule has 3 atom stereocenters. The second-order valence-electron chi connectivity index (χ2n) is 9.99. The van der Waals surface area contributed by atoms with E-state index in [9.17, 15) is 10.1 Å². The van der Waals surface area contributed by atoms with E-state index in [-0.39, 0.29) is 36.5 Å². The molecule has 7 heteroatoms. The van der Waals surface area contributed by atoms with Crippen molar-refractivity contribution in [1.29, 1.82) is 5.26 Å². The molecule has 4 rings (SSSR count). The van der Waals surface area contributed by atoms with Gasteiger partial charge in [-0.1, -0.05) is 0 Å². The molecule has 0 N–H and O–H groups in total. The van der Waals surface area contributed by atoms with E-state index >= 15 is 0 Å². The van der Waals surface area contributed by atoms with Crippen LogP contribution in [0.15, 0.2) is 18.3 Å². The smallest absolute Gasteiger partial charge is 0.410 e. The maximum absolute atomic E-state index is 12.6. The fourth-order valence-electron chi connectivity index (χ4n) is 5.14. The third-order valence-corrected chi connectivity index (χ3v) is 6.47. The number of amides is 1. The fourth-order valence-corrected chi connectivity index (χ4v) is 5.14. The largest absolute Gasteiger partial charge is 0.473 e. The summed E-state index contributed by atoms with van der Waals surface area (Å²) in [5.74, 6) is 0.431. The summed E-state index contributed by atoms with van der Waals surface area (Å²) in [4.78, 5) is 18.8. The highest BCUT2D eigenvalue weighted by atomic mass is 16.6. The van der Waals surface area contributed by atoms with E-state index in [0.29, 0.717) is 11.4 Å². The Bertz CT molecular complexity index is 809. The molecule has 3 heterocycles. The highest BCUT2D eigenvalue weighted by Crippen LogP contribution is 2.39. The molecule has 31 heavy (non-hydrogen) atoms. The van der Waals surface area contributed by atoms with Gasteiger partial charge in [-0.25, -0.2) is 9.78 Å². The topological polar surface area (TPSA) is 84.7 Å². The normalized spacial score (nSPS) is 30.5. The lowest BCUT2D eigenvalue weighted by Crippen LogP contribution is -2.50. The Morgan fingerprint density at radius 3 is 2.32 bits per heavy atom. The van der Waals surface area contributed by atoms with Gasteiger partial charge in [0.05, 0.1) is 12.2 Å². The molecule has 2 saturated heterocycles. The number of carbonyl (C=O) groups is 1. The predicted molar refractivity (Wildman–Crippen MR) is 115 cm³/mol. The van der Waals surface area contributed by atoms with E-state index < -0.39 is 5.60 Å². The van der Waals surface area contributed by atoms with Crippen LogP contribution < -0.4 is 4.74 Å².